The van der Waals surface area contributed by atoms with Crippen LogP contribution in [-0.2, 0) is 4.79 Å². The maximum absolute atomic E-state index is 11.9. The van der Waals surface area contributed by atoms with E-state index in [2.05, 4.69) is 39.5 Å². The third-order valence-corrected chi connectivity index (χ3v) is 6.23. The van der Waals surface area contributed by atoms with E-state index in [-0.39, 0.29) is 24.0 Å². The molecule has 2 heterocycles. The number of guanidine groups is 1. The minimum atomic E-state index is 0. The standard InChI is InChI=1S/C22H32N4O.HI/c1-23-22(24-13-4-6-17-10-11-17)26-16-18(19-7-2-3-8-20(19)26)12-15-25-14-5-9-21(25)27;/h2-3,7-8,17-18H,4-6,9-16H2,1H3,(H,23,24);1H. The molecule has 1 aromatic rings. The Bertz CT molecular complexity index is 704. The number of fused-ring (bicyclic) bond motifs is 1. The summed E-state index contributed by atoms with van der Waals surface area (Å²) in [7, 11) is 1.88. The van der Waals surface area contributed by atoms with Crippen LogP contribution in [0, 0.1) is 5.92 Å². The first kappa shape index (κ1) is 21.4. The van der Waals surface area contributed by atoms with Crippen molar-refractivity contribution in [2.75, 3.05) is 38.1 Å². The molecule has 1 amide bonds. The summed E-state index contributed by atoms with van der Waals surface area (Å²) in [6.07, 6.45) is 8.18. The number of carbonyl (C=O) groups excluding carboxylic acids is 1. The van der Waals surface area contributed by atoms with Gasteiger partial charge in [-0.25, -0.2) is 0 Å². The molecule has 1 N–H and O–H groups in total. The molecule has 2 aliphatic heterocycles. The molecular formula is C22H33IN4O. The second kappa shape index (κ2) is 9.94. The number of rotatable bonds is 7. The van der Waals surface area contributed by atoms with Gasteiger partial charge in [-0.05, 0) is 43.2 Å². The molecule has 154 valence electrons. The van der Waals surface area contributed by atoms with Gasteiger partial charge in [-0.2, -0.15) is 0 Å². The van der Waals surface area contributed by atoms with E-state index in [4.69, 9.17) is 0 Å². The summed E-state index contributed by atoms with van der Waals surface area (Å²) >= 11 is 0. The molecule has 0 radical (unpaired) electrons. The Morgan fingerprint density at radius 2 is 2.07 bits per heavy atom. The van der Waals surface area contributed by atoms with Crippen LogP contribution in [0.3, 0.4) is 0 Å². The predicted octanol–water partition coefficient (Wildman–Crippen LogP) is 3.99. The quantitative estimate of drug-likeness (QED) is 0.269. The monoisotopic (exact) mass is 496 g/mol. The summed E-state index contributed by atoms with van der Waals surface area (Å²) in [5, 5.41) is 3.57. The molecule has 0 spiro atoms. The zero-order valence-electron chi connectivity index (χ0n) is 16.9. The topological polar surface area (TPSA) is 47.9 Å². The van der Waals surface area contributed by atoms with Crippen LogP contribution in [0.15, 0.2) is 29.3 Å². The van der Waals surface area contributed by atoms with E-state index in [0.29, 0.717) is 11.8 Å². The molecule has 1 atom stereocenters. The molecule has 1 saturated carbocycles. The van der Waals surface area contributed by atoms with Crippen molar-refractivity contribution in [2.24, 2.45) is 10.9 Å². The molecule has 2 fully saturated rings. The fourth-order valence-corrected chi connectivity index (χ4v) is 4.49. The fraction of sp³-hybridized carbons (Fsp3) is 0.636. The van der Waals surface area contributed by atoms with Crippen LogP contribution in [0.2, 0.25) is 0 Å². The van der Waals surface area contributed by atoms with Crippen molar-refractivity contribution < 1.29 is 4.79 Å². The molecule has 4 rings (SSSR count). The van der Waals surface area contributed by atoms with Crippen LogP contribution in [0.5, 0.6) is 0 Å². The number of nitrogens with one attached hydrogen (secondary N) is 1. The van der Waals surface area contributed by atoms with Crippen LogP contribution in [0.1, 0.15) is 56.4 Å². The predicted molar refractivity (Wildman–Crippen MR) is 126 cm³/mol. The van der Waals surface area contributed by atoms with Crippen LogP contribution in [0.25, 0.3) is 0 Å². The lowest BCUT2D eigenvalue weighted by atomic mass is 9.98. The van der Waals surface area contributed by atoms with Gasteiger partial charge in [-0.1, -0.05) is 31.0 Å². The maximum atomic E-state index is 11.9. The van der Waals surface area contributed by atoms with Gasteiger partial charge in [0.05, 0.1) is 0 Å². The van der Waals surface area contributed by atoms with Gasteiger partial charge >= 0.3 is 0 Å². The molecule has 6 heteroatoms. The average Bonchev–Trinajstić information content (AvgIpc) is 3.32. The Balaban J connectivity index is 0.00000225. The van der Waals surface area contributed by atoms with Gasteiger partial charge in [0.15, 0.2) is 5.96 Å². The number of aliphatic imine (C=N–C) groups is 1. The van der Waals surface area contributed by atoms with Gasteiger partial charge in [-0.15, -0.1) is 24.0 Å². The second-order valence-corrected chi connectivity index (χ2v) is 8.20. The Morgan fingerprint density at radius 3 is 2.79 bits per heavy atom. The Kier molecular flexibility index (Phi) is 7.60. The Morgan fingerprint density at radius 1 is 1.25 bits per heavy atom. The summed E-state index contributed by atoms with van der Waals surface area (Å²) in [5.74, 6) is 2.75. The number of amides is 1. The first-order valence-electron chi connectivity index (χ1n) is 10.6. The van der Waals surface area contributed by atoms with E-state index in [1.807, 2.05) is 11.9 Å². The summed E-state index contributed by atoms with van der Waals surface area (Å²) in [6, 6.07) is 8.68. The van der Waals surface area contributed by atoms with E-state index >= 15 is 0 Å². The molecule has 1 saturated heterocycles. The largest absolute Gasteiger partial charge is 0.356 e. The summed E-state index contributed by atoms with van der Waals surface area (Å²) in [4.78, 5) is 20.9. The highest BCUT2D eigenvalue weighted by atomic mass is 127. The van der Waals surface area contributed by atoms with Crippen molar-refractivity contribution in [2.45, 2.75) is 50.9 Å². The number of anilines is 1. The Hall–Kier alpha value is -1.31. The second-order valence-electron chi connectivity index (χ2n) is 8.20. The molecular weight excluding hydrogens is 463 g/mol. The minimum absolute atomic E-state index is 0. The van der Waals surface area contributed by atoms with Crippen molar-refractivity contribution in [1.29, 1.82) is 0 Å². The Labute approximate surface area is 186 Å². The maximum Gasteiger partial charge on any atom is 0.222 e. The fourth-order valence-electron chi connectivity index (χ4n) is 4.49. The number of hydrogen-bond acceptors (Lipinski definition) is 2. The number of likely N-dealkylation sites (tertiary alicyclic amines) is 1. The van der Waals surface area contributed by atoms with Crippen molar-refractivity contribution in [3.8, 4) is 0 Å². The number of hydrogen-bond donors (Lipinski definition) is 1. The third-order valence-electron chi connectivity index (χ3n) is 6.23. The van der Waals surface area contributed by atoms with Gasteiger partial charge in [0, 0.05) is 51.3 Å². The summed E-state index contributed by atoms with van der Waals surface area (Å²) in [5.41, 5.74) is 2.66. The summed E-state index contributed by atoms with van der Waals surface area (Å²) in [6.45, 7) is 3.75. The molecule has 1 unspecified atom stereocenters. The van der Waals surface area contributed by atoms with Gasteiger partial charge < -0.3 is 15.1 Å². The molecule has 28 heavy (non-hydrogen) atoms. The molecule has 1 aliphatic carbocycles. The SMILES string of the molecule is CN=C(NCCCC1CC1)N1CC(CCN2CCCC2=O)c2ccccc21.I. The van der Waals surface area contributed by atoms with Crippen LogP contribution >= 0.6 is 24.0 Å². The normalized spacial score (nSPS) is 21.7. The highest BCUT2D eigenvalue weighted by Crippen LogP contribution is 2.38. The van der Waals surface area contributed by atoms with Crippen molar-refractivity contribution in [1.82, 2.24) is 10.2 Å². The number of benzene rings is 1. The van der Waals surface area contributed by atoms with Crippen LogP contribution in [-0.4, -0.2) is 50.0 Å². The van der Waals surface area contributed by atoms with E-state index in [1.165, 1.54) is 36.9 Å². The smallest absolute Gasteiger partial charge is 0.222 e. The van der Waals surface area contributed by atoms with E-state index in [1.54, 1.807) is 0 Å². The van der Waals surface area contributed by atoms with Crippen molar-refractivity contribution in [3.63, 3.8) is 0 Å². The van der Waals surface area contributed by atoms with E-state index in [9.17, 15) is 4.79 Å². The third kappa shape index (κ3) is 4.99. The van der Waals surface area contributed by atoms with Crippen LogP contribution < -0.4 is 10.2 Å². The number of nitrogens with zero attached hydrogens (tertiary/aromatic N) is 3. The van der Waals surface area contributed by atoms with Gasteiger partial charge in [0.2, 0.25) is 5.91 Å². The average molecular weight is 496 g/mol. The number of halogens is 1. The number of para-hydroxylation sites is 1. The molecule has 1 aromatic carbocycles. The first-order valence-corrected chi connectivity index (χ1v) is 10.6. The highest BCUT2D eigenvalue weighted by Gasteiger charge is 2.32. The molecule has 3 aliphatic rings. The summed E-state index contributed by atoms with van der Waals surface area (Å²) < 4.78 is 0. The van der Waals surface area contributed by atoms with Gasteiger partial charge in [-0.3, -0.25) is 9.79 Å². The lowest BCUT2D eigenvalue weighted by Gasteiger charge is -2.23. The minimum Gasteiger partial charge on any atom is -0.356 e. The first-order chi connectivity index (χ1) is 13.3. The highest BCUT2D eigenvalue weighted by molar-refractivity contribution is 14.0. The zero-order valence-corrected chi connectivity index (χ0v) is 19.2. The van der Waals surface area contributed by atoms with Gasteiger partial charge in [0.1, 0.15) is 0 Å². The van der Waals surface area contributed by atoms with Crippen molar-refractivity contribution in [3.05, 3.63) is 29.8 Å². The molecule has 5 nitrogen and oxygen atoms in total. The van der Waals surface area contributed by atoms with E-state index in [0.717, 1.165) is 57.3 Å². The van der Waals surface area contributed by atoms with Gasteiger partial charge in [0.25, 0.3) is 0 Å². The lowest BCUT2D eigenvalue weighted by molar-refractivity contribution is -0.127. The van der Waals surface area contributed by atoms with Crippen molar-refractivity contribution >= 4 is 41.5 Å². The zero-order chi connectivity index (χ0) is 18.6. The number of carbonyl (C=O) groups is 1. The lowest BCUT2D eigenvalue weighted by Crippen LogP contribution is -2.41. The molecule has 0 bridgehead atoms. The van der Waals surface area contributed by atoms with E-state index < -0.39 is 0 Å². The van der Waals surface area contributed by atoms with Crippen LogP contribution in [0.4, 0.5) is 5.69 Å². The molecule has 0 aromatic heterocycles.